The number of carbonyl (C=O) groups is 3. The standard InChI is InChI=1S/C58H96O6/c1-4-7-10-13-16-19-22-25-28-29-31-33-36-39-42-45-48-51-57(60)63-54-55(53-62-56(59)50-47-44-41-38-35-32-27-24-21-18-15-12-9-6-3)64-58(61)52-49-46-43-40-37-34-30-26-23-20-17-14-11-8-5-2/h7,9-10,12,16,18-21,23,25,28,31,33,39,42,55H,4-6,8,11,13-15,17,22,24,26-27,29-30,32,34-38,40-41,43-54H2,1-3H3/b10-7-,12-9-,19-16-,21-18-,23-20-,28-25-,33-31-,42-39-. The van der Waals surface area contributed by atoms with Gasteiger partial charge in [0.05, 0.1) is 0 Å². The van der Waals surface area contributed by atoms with Gasteiger partial charge in [0, 0.05) is 19.3 Å². The third kappa shape index (κ3) is 49.3. The Labute approximate surface area is 394 Å². The topological polar surface area (TPSA) is 78.9 Å². The Kier molecular flexibility index (Phi) is 49.0. The van der Waals surface area contributed by atoms with Crippen molar-refractivity contribution < 1.29 is 28.6 Å². The molecule has 0 aliphatic carbocycles. The van der Waals surface area contributed by atoms with Gasteiger partial charge in [-0.05, 0) is 109 Å². The van der Waals surface area contributed by atoms with Gasteiger partial charge >= 0.3 is 17.9 Å². The quantitative estimate of drug-likeness (QED) is 0.0262. The summed E-state index contributed by atoms with van der Waals surface area (Å²) in [5, 5.41) is 0. The van der Waals surface area contributed by atoms with Gasteiger partial charge in [-0.1, -0.05) is 201 Å². The SMILES string of the molecule is CC/C=C\C/C=C\C/C=C\C/C=C\C/C=C\CCCC(=O)OCC(COC(=O)CCCCCCCCC/C=C\C/C=C\CC)OC(=O)CCCCCCCCC/C=C\CCCCCC. The van der Waals surface area contributed by atoms with Crippen molar-refractivity contribution in [2.45, 2.75) is 239 Å². The number of hydrogen-bond donors (Lipinski definition) is 0. The van der Waals surface area contributed by atoms with Crippen LogP contribution in [0.2, 0.25) is 0 Å². The highest BCUT2D eigenvalue weighted by Gasteiger charge is 2.19. The van der Waals surface area contributed by atoms with Crippen molar-refractivity contribution in [3.8, 4) is 0 Å². The Bertz CT molecular complexity index is 1300. The van der Waals surface area contributed by atoms with Crippen molar-refractivity contribution in [3.63, 3.8) is 0 Å². The fraction of sp³-hybridized carbons (Fsp3) is 0.672. The number of rotatable bonds is 46. The third-order valence-electron chi connectivity index (χ3n) is 10.8. The molecule has 0 heterocycles. The van der Waals surface area contributed by atoms with Crippen molar-refractivity contribution in [2.24, 2.45) is 0 Å². The van der Waals surface area contributed by atoms with E-state index in [-0.39, 0.29) is 37.5 Å². The van der Waals surface area contributed by atoms with Crippen LogP contribution in [0.15, 0.2) is 97.2 Å². The second kappa shape index (κ2) is 52.0. The van der Waals surface area contributed by atoms with Crippen LogP contribution in [0.25, 0.3) is 0 Å². The van der Waals surface area contributed by atoms with Crippen molar-refractivity contribution in [1.29, 1.82) is 0 Å². The number of esters is 3. The van der Waals surface area contributed by atoms with E-state index in [1.807, 2.05) is 0 Å². The lowest BCUT2D eigenvalue weighted by molar-refractivity contribution is -0.167. The van der Waals surface area contributed by atoms with Crippen molar-refractivity contribution >= 4 is 17.9 Å². The number of allylic oxidation sites excluding steroid dienone is 16. The molecule has 0 aromatic carbocycles. The molecule has 364 valence electrons. The number of hydrogen-bond acceptors (Lipinski definition) is 6. The zero-order chi connectivity index (χ0) is 46.5. The molecule has 0 aromatic rings. The van der Waals surface area contributed by atoms with Crippen LogP contribution >= 0.6 is 0 Å². The lowest BCUT2D eigenvalue weighted by Crippen LogP contribution is -2.30. The molecule has 0 radical (unpaired) electrons. The lowest BCUT2D eigenvalue weighted by Gasteiger charge is -2.18. The van der Waals surface area contributed by atoms with Crippen LogP contribution in [0, 0.1) is 0 Å². The van der Waals surface area contributed by atoms with Crippen LogP contribution in [0.3, 0.4) is 0 Å². The van der Waals surface area contributed by atoms with E-state index in [1.54, 1.807) is 0 Å². The molecular formula is C58H96O6. The first kappa shape index (κ1) is 60.3. The first-order valence-electron chi connectivity index (χ1n) is 26.2. The van der Waals surface area contributed by atoms with Crippen LogP contribution < -0.4 is 0 Å². The highest BCUT2D eigenvalue weighted by Crippen LogP contribution is 2.14. The molecule has 0 bridgehead atoms. The molecule has 0 saturated carbocycles. The lowest BCUT2D eigenvalue weighted by atomic mass is 10.1. The van der Waals surface area contributed by atoms with Gasteiger partial charge < -0.3 is 14.2 Å². The molecule has 0 fully saturated rings. The molecule has 0 rings (SSSR count). The molecular weight excluding hydrogens is 793 g/mol. The van der Waals surface area contributed by atoms with Crippen LogP contribution in [0.4, 0.5) is 0 Å². The fourth-order valence-electron chi connectivity index (χ4n) is 6.92. The summed E-state index contributed by atoms with van der Waals surface area (Å²) in [6, 6.07) is 0. The van der Waals surface area contributed by atoms with Crippen molar-refractivity contribution in [1.82, 2.24) is 0 Å². The van der Waals surface area contributed by atoms with Gasteiger partial charge in [-0.25, -0.2) is 0 Å². The Morgan fingerprint density at radius 3 is 1.03 bits per heavy atom. The zero-order valence-corrected chi connectivity index (χ0v) is 41.5. The van der Waals surface area contributed by atoms with Crippen molar-refractivity contribution in [3.05, 3.63) is 97.2 Å². The maximum absolute atomic E-state index is 12.8. The fourth-order valence-corrected chi connectivity index (χ4v) is 6.92. The molecule has 6 heteroatoms. The maximum atomic E-state index is 12.8. The molecule has 1 unspecified atom stereocenters. The summed E-state index contributed by atoms with van der Waals surface area (Å²) in [4.78, 5) is 38.0. The van der Waals surface area contributed by atoms with Gasteiger partial charge in [-0.3, -0.25) is 14.4 Å². The summed E-state index contributed by atoms with van der Waals surface area (Å²) in [5.41, 5.74) is 0. The molecule has 0 amide bonds. The van der Waals surface area contributed by atoms with Crippen molar-refractivity contribution in [2.75, 3.05) is 13.2 Å². The molecule has 0 aliphatic rings. The normalized spacial score (nSPS) is 12.9. The Morgan fingerprint density at radius 2 is 0.625 bits per heavy atom. The van der Waals surface area contributed by atoms with Crippen LogP contribution in [0.5, 0.6) is 0 Å². The molecule has 6 nitrogen and oxygen atoms in total. The first-order valence-corrected chi connectivity index (χ1v) is 26.2. The van der Waals surface area contributed by atoms with Gasteiger partial charge in [-0.15, -0.1) is 0 Å². The average Bonchev–Trinajstić information content (AvgIpc) is 3.29. The van der Waals surface area contributed by atoms with Gasteiger partial charge in [0.25, 0.3) is 0 Å². The highest BCUT2D eigenvalue weighted by molar-refractivity contribution is 5.71. The molecule has 0 aliphatic heterocycles. The number of unbranched alkanes of at least 4 members (excludes halogenated alkanes) is 19. The van der Waals surface area contributed by atoms with E-state index >= 15 is 0 Å². The van der Waals surface area contributed by atoms with E-state index in [0.29, 0.717) is 19.3 Å². The molecule has 0 N–H and O–H groups in total. The molecule has 0 saturated heterocycles. The summed E-state index contributed by atoms with van der Waals surface area (Å²) in [5.74, 6) is -0.977. The van der Waals surface area contributed by atoms with E-state index in [1.165, 1.54) is 89.9 Å². The molecule has 0 spiro atoms. The summed E-state index contributed by atoms with van der Waals surface area (Å²) < 4.78 is 16.8. The van der Waals surface area contributed by atoms with Gasteiger partial charge in [0.15, 0.2) is 6.10 Å². The monoisotopic (exact) mass is 889 g/mol. The van der Waals surface area contributed by atoms with E-state index < -0.39 is 6.10 Å². The Balaban J connectivity index is 4.50. The predicted molar refractivity (Wildman–Crippen MR) is 274 cm³/mol. The zero-order valence-electron chi connectivity index (χ0n) is 41.5. The van der Waals surface area contributed by atoms with Gasteiger partial charge in [0.1, 0.15) is 13.2 Å². The minimum absolute atomic E-state index is 0.102. The minimum atomic E-state index is -0.806. The molecule has 64 heavy (non-hydrogen) atoms. The minimum Gasteiger partial charge on any atom is -0.462 e. The summed E-state index contributed by atoms with van der Waals surface area (Å²) >= 11 is 0. The molecule has 1 atom stereocenters. The third-order valence-corrected chi connectivity index (χ3v) is 10.8. The van der Waals surface area contributed by atoms with Crippen LogP contribution in [-0.2, 0) is 28.6 Å². The van der Waals surface area contributed by atoms with E-state index in [0.717, 1.165) is 96.3 Å². The predicted octanol–water partition coefficient (Wildman–Crippen LogP) is 17.4. The summed E-state index contributed by atoms with van der Waals surface area (Å²) in [6.07, 6.45) is 68.2. The summed E-state index contributed by atoms with van der Waals surface area (Å²) in [6.45, 7) is 6.34. The van der Waals surface area contributed by atoms with Crippen LogP contribution in [0.1, 0.15) is 233 Å². The Hall–Kier alpha value is -3.67. The second-order valence-electron chi connectivity index (χ2n) is 17.0. The average molecular weight is 889 g/mol. The smallest absolute Gasteiger partial charge is 0.306 e. The highest BCUT2D eigenvalue weighted by atomic mass is 16.6. The first-order chi connectivity index (χ1) is 31.5. The van der Waals surface area contributed by atoms with E-state index in [9.17, 15) is 14.4 Å². The van der Waals surface area contributed by atoms with Gasteiger partial charge in [-0.2, -0.15) is 0 Å². The number of ether oxygens (including phenoxy) is 3. The largest absolute Gasteiger partial charge is 0.462 e. The van der Waals surface area contributed by atoms with E-state index in [4.69, 9.17) is 14.2 Å². The van der Waals surface area contributed by atoms with E-state index in [2.05, 4.69) is 118 Å². The number of carbonyl (C=O) groups excluding carboxylic acids is 3. The second-order valence-corrected chi connectivity index (χ2v) is 17.0. The Morgan fingerprint density at radius 1 is 0.328 bits per heavy atom. The van der Waals surface area contributed by atoms with Gasteiger partial charge in [0.2, 0.25) is 0 Å². The molecule has 0 aromatic heterocycles. The summed E-state index contributed by atoms with van der Waals surface area (Å²) in [7, 11) is 0. The van der Waals surface area contributed by atoms with Crippen LogP contribution in [-0.4, -0.2) is 37.2 Å². The maximum Gasteiger partial charge on any atom is 0.306 e.